The molecule has 5 nitrogen and oxygen atoms in total. The summed E-state index contributed by atoms with van der Waals surface area (Å²) in [4.78, 5) is 20.7. The lowest BCUT2D eigenvalue weighted by Crippen LogP contribution is -2.17. The molecule has 0 saturated heterocycles. The first-order valence-electron chi connectivity index (χ1n) is 8.51. The Morgan fingerprint density at radius 1 is 0.964 bits per heavy atom. The molecular weight excluding hydrogens is 369 g/mol. The number of rotatable bonds is 6. The van der Waals surface area contributed by atoms with Gasteiger partial charge in [0.1, 0.15) is 11.5 Å². The van der Waals surface area contributed by atoms with Crippen LogP contribution in [0.15, 0.2) is 48.5 Å². The first-order chi connectivity index (χ1) is 13.4. The fourth-order valence-corrected chi connectivity index (χ4v) is 2.50. The molecule has 0 radical (unpaired) electrons. The number of carbonyl (C=O) groups excluding carboxylic acids is 1. The van der Waals surface area contributed by atoms with Crippen LogP contribution in [0.25, 0.3) is 0 Å². The summed E-state index contributed by atoms with van der Waals surface area (Å²) in [6.07, 6.45) is 0.619. The summed E-state index contributed by atoms with van der Waals surface area (Å²) in [5, 5.41) is 5.49. The number of anilines is 2. The highest BCUT2D eigenvalue weighted by Crippen LogP contribution is 2.15. The number of halogens is 3. The molecule has 0 spiro atoms. The maximum Gasteiger partial charge on any atom is 0.274 e. The first kappa shape index (κ1) is 19.3. The molecule has 8 heteroatoms. The lowest BCUT2D eigenvalue weighted by atomic mass is 10.1. The largest absolute Gasteiger partial charge is 0.354 e. The zero-order chi connectivity index (χ0) is 20.1. The third kappa shape index (κ3) is 5.06. The number of aryl methyl sites for hydroxylation is 1. The van der Waals surface area contributed by atoms with Gasteiger partial charge in [0.15, 0.2) is 11.6 Å². The Morgan fingerprint density at radius 3 is 2.43 bits per heavy atom. The van der Waals surface area contributed by atoms with Gasteiger partial charge in [0.05, 0.1) is 0 Å². The molecule has 1 aromatic heterocycles. The summed E-state index contributed by atoms with van der Waals surface area (Å²) in [7, 11) is 0. The van der Waals surface area contributed by atoms with Gasteiger partial charge in [-0.1, -0.05) is 12.1 Å². The van der Waals surface area contributed by atoms with E-state index in [1.807, 2.05) is 0 Å². The van der Waals surface area contributed by atoms with Gasteiger partial charge in [0, 0.05) is 24.0 Å². The molecular formula is C20H17F3N4O. The molecule has 3 aromatic rings. The van der Waals surface area contributed by atoms with E-state index >= 15 is 0 Å². The van der Waals surface area contributed by atoms with Crippen molar-refractivity contribution in [1.29, 1.82) is 0 Å². The molecule has 0 aliphatic rings. The van der Waals surface area contributed by atoms with Crippen LogP contribution in [0.4, 0.5) is 24.8 Å². The van der Waals surface area contributed by atoms with Crippen molar-refractivity contribution in [3.63, 3.8) is 0 Å². The Bertz CT molecular complexity index is 993. The number of hydrogen-bond donors (Lipinski definition) is 2. The number of amides is 1. The minimum absolute atomic E-state index is 0.0847. The van der Waals surface area contributed by atoms with Crippen molar-refractivity contribution >= 4 is 17.5 Å². The van der Waals surface area contributed by atoms with Gasteiger partial charge >= 0.3 is 0 Å². The van der Waals surface area contributed by atoms with Crippen LogP contribution in [0.3, 0.4) is 0 Å². The molecule has 2 aromatic carbocycles. The standard InChI is InChI=1S/C20H17F3N4O/c1-12-10-18(19(28)26-15-6-7-16(22)17(23)11-15)27-20(25-12)24-9-8-13-2-4-14(21)5-3-13/h2-7,10-11H,8-9H2,1H3,(H,26,28)(H,24,25,27). The molecule has 3 rings (SSSR count). The van der Waals surface area contributed by atoms with Crippen LogP contribution < -0.4 is 10.6 Å². The second-order valence-electron chi connectivity index (χ2n) is 6.10. The van der Waals surface area contributed by atoms with E-state index in [0.29, 0.717) is 18.7 Å². The molecule has 1 amide bonds. The van der Waals surface area contributed by atoms with E-state index in [-0.39, 0.29) is 23.1 Å². The van der Waals surface area contributed by atoms with Crippen LogP contribution in [0.2, 0.25) is 0 Å². The van der Waals surface area contributed by atoms with Crippen molar-refractivity contribution in [2.45, 2.75) is 13.3 Å². The third-order valence-electron chi connectivity index (χ3n) is 3.87. The smallest absolute Gasteiger partial charge is 0.274 e. The highest BCUT2D eigenvalue weighted by atomic mass is 19.2. The topological polar surface area (TPSA) is 66.9 Å². The minimum Gasteiger partial charge on any atom is -0.354 e. The molecule has 0 bridgehead atoms. The lowest BCUT2D eigenvalue weighted by Gasteiger charge is -2.09. The molecule has 0 fully saturated rings. The number of hydrogen-bond acceptors (Lipinski definition) is 4. The number of carbonyl (C=O) groups is 1. The average molecular weight is 386 g/mol. The van der Waals surface area contributed by atoms with E-state index in [1.165, 1.54) is 24.3 Å². The van der Waals surface area contributed by atoms with Crippen molar-refractivity contribution in [1.82, 2.24) is 9.97 Å². The van der Waals surface area contributed by atoms with Crippen LogP contribution in [-0.2, 0) is 6.42 Å². The van der Waals surface area contributed by atoms with Crippen LogP contribution in [-0.4, -0.2) is 22.4 Å². The van der Waals surface area contributed by atoms with E-state index in [2.05, 4.69) is 20.6 Å². The van der Waals surface area contributed by atoms with Crippen molar-refractivity contribution in [2.75, 3.05) is 17.2 Å². The van der Waals surface area contributed by atoms with Crippen molar-refractivity contribution in [3.05, 3.63) is 82.9 Å². The van der Waals surface area contributed by atoms with Gasteiger partial charge in [0.25, 0.3) is 5.91 Å². The fraction of sp³-hybridized carbons (Fsp3) is 0.150. The van der Waals surface area contributed by atoms with Crippen molar-refractivity contribution in [2.24, 2.45) is 0 Å². The van der Waals surface area contributed by atoms with Gasteiger partial charge in [-0.3, -0.25) is 4.79 Å². The van der Waals surface area contributed by atoms with E-state index in [1.54, 1.807) is 19.1 Å². The first-order valence-corrected chi connectivity index (χ1v) is 8.51. The summed E-state index contributed by atoms with van der Waals surface area (Å²) in [6, 6.07) is 10.7. The predicted octanol–water partition coefficient (Wildman–Crippen LogP) is 4.11. The van der Waals surface area contributed by atoms with E-state index in [4.69, 9.17) is 0 Å². The molecule has 1 heterocycles. The van der Waals surface area contributed by atoms with Gasteiger partial charge < -0.3 is 10.6 Å². The predicted molar refractivity (Wildman–Crippen MR) is 99.7 cm³/mol. The van der Waals surface area contributed by atoms with E-state index in [9.17, 15) is 18.0 Å². The van der Waals surface area contributed by atoms with E-state index in [0.717, 1.165) is 17.7 Å². The van der Waals surface area contributed by atoms with Gasteiger partial charge in [-0.15, -0.1) is 0 Å². The summed E-state index contributed by atoms with van der Waals surface area (Å²) in [5.74, 6) is -2.66. The molecule has 28 heavy (non-hydrogen) atoms. The molecule has 144 valence electrons. The lowest BCUT2D eigenvalue weighted by molar-refractivity contribution is 0.102. The molecule has 0 aliphatic carbocycles. The van der Waals surface area contributed by atoms with Gasteiger partial charge in [-0.05, 0) is 49.2 Å². The monoisotopic (exact) mass is 386 g/mol. The second-order valence-corrected chi connectivity index (χ2v) is 6.10. The van der Waals surface area contributed by atoms with Gasteiger partial charge in [0.2, 0.25) is 5.95 Å². The summed E-state index contributed by atoms with van der Waals surface area (Å²) in [6.45, 7) is 2.19. The Hall–Kier alpha value is -3.42. The van der Waals surface area contributed by atoms with Crippen LogP contribution in [0.1, 0.15) is 21.7 Å². The minimum atomic E-state index is -1.06. The Kier molecular flexibility index (Phi) is 5.88. The SMILES string of the molecule is Cc1cc(C(=O)Nc2ccc(F)c(F)c2)nc(NCCc2ccc(F)cc2)n1. The summed E-state index contributed by atoms with van der Waals surface area (Å²) in [5.41, 5.74) is 1.71. The van der Waals surface area contributed by atoms with Gasteiger partial charge in [-0.25, -0.2) is 23.1 Å². The highest BCUT2D eigenvalue weighted by Gasteiger charge is 2.12. The maximum absolute atomic E-state index is 13.3. The maximum atomic E-state index is 13.3. The normalized spacial score (nSPS) is 10.6. The van der Waals surface area contributed by atoms with Crippen LogP contribution in [0, 0.1) is 24.4 Å². The average Bonchev–Trinajstić information content (AvgIpc) is 2.66. The number of nitrogens with one attached hydrogen (secondary N) is 2. The zero-order valence-corrected chi connectivity index (χ0v) is 15.0. The molecule has 0 saturated carbocycles. The highest BCUT2D eigenvalue weighted by molar-refractivity contribution is 6.03. The molecule has 0 unspecified atom stereocenters. The molecule has 0 aliphatic heterocycles. The number of aromatic nitrogens is 2. The second kappa shape index (κ2) is 8.51. The Labute approximate surface area is 159 Å². The summed E-state index contributed by atoms with van der Waals surface area (Å²) >= 11 is 0. The quantitative estimate of drug-likeness (QED) is 0.669. The molecule has 2 N–H and O–H groups in total. The number of nitrogens with zero attached hydrogens (tertiary/aromatic N) is 2. The van der Waals surface area contributed by atoms with Crippen molar-refractivity contribution in [3.8, 4) is 0 Å². The fourth-order valence-electron chi connectivity index (χ4n) is 2.50. The summed E-state index contributed by atoms with van der Waals surface area (Å²) < 4.78 is 39.2. The zero-order valence-electron chi connectivity index (χ0n) is 15.0. The van der Waals surface area contributed by atoms with Crippen LogP contribution in [0.5, 0.6) is 0 Å². The number of benzene rings is 2. The van der Waals surface area contributed by atoms with Crippen molar-refractivity contribution < 1.29 is 18.0 Å². The van der Waals surface area contributed by atoms with Crippen LogP contribution >= 0.6 is 0 Å². The van der Waals surface area contributed by atoms with Gasteiger partial charge in [-0.2, -0.15) is 0 Å². The van der Waals surface area contributed by atoms with E-state index < -0.39 is 17.5 Å². The molecule has 0 atom stereocenters. The third-order valence-corrected chi connectivity index (χ3v) is 3.87. The Balaban J connectivity index is 1.65. The Morgan fingerprint density at radius 2 is 1.71 bits per heavy atom.